The second kappa shape index (κ2) is 10.1. The van der Waals surface area contributed by atoms with Gasteiger partial charge < -0.3 is 10.1 Å². The van der Waals surface area contributed by atoms with E-state index in [2.05, 4.69) is 10.6 Å². The first-order chi connectivity index (χ1) is 12.9. The van der Waals surface area contributed by atoms with Crippen LogP contribution in [0.4, 0.5) is 9.18 Å². The molecule has 0 aliphatic heterocycles. The maximum absolute atomic E-state index is 12.8. The summed E-state index contributed by atoms with van der Waals surface area (Å²) in [5.74, 6) is -1.64. The first-order valence-corrected chi connectivity index (χ1v) is 8.50. The molecule has 2 aromatic rings. The summed E-state index contributed by atoms with van der Waals surface area (Å²) in [4.78, 5) is 35.5. The van der Waals surface area contributed by atoms with E-state index in [1.807, 2.05) is 30.3 Å². The third kappa shape index (κ3) is 7.27. The highest BCUT2D eigenvalue weighted by Gasteiger charge is 2.19. The highest BCUT2D eigenvalue weighted by atomic mass is 19.1. The smallest absolute Gasteiger partial charge is 0.321 e. The molecule has 0 aromatic heterocycles. The van der Waals surface area contributed by atoms with Gasteiger partial charge in [-0.25, -0.2) is 9.18 Å². The van der Waals surface area contributed by atoms with Gasteiger partial charge in [-0.15, -0.1) is 0 Å². The fourth-order valence-corrected chi connectivity index (χ4v) is 2.24. The first kappa shape index (κ1) is 20.1. The van der Waals surface area contributed by atoms with Gasteiger partial charge in [-0.05, 0) is 36.6 Å². The van der Waals surface area contributed by atoms with Crippen molar-refractivity contribution in [3.8, 4) is 0 Å². The van der Waals surface area contributed by atoms with E-state index in [1.165, 1.54) is 19.1 Å². The number of esters is 1. The van der Waals surface area contributed by atoms with Crippen LogP contribution in [-0.4, -0.2) is 24.0 Å². The molecule has 0 fully saturated rings. The van der Waals surface area contributed by atoms with Crippen molar-refractivity contribution in [2.45, 2.75) is 32.4 Å². The lowest BCUT2D eigenvalue weighted by molar-refractivity contribution is -0.154. The summed E-state index contributed by atoms with van der Waals surface area (Å²) in [5, 5.41) is 4.67. The van der Waals surface area contributed by atoms with Crippen molar-refractivity contribution in [3.63, 3.8) is 0 Å². The van der Waals surface area contributed by atoms with Gasteiger partial charge in [0, 0.05) is 13.0 Å². The fraction of sp³-hybridized carbons (Fsp3) is 0.250. The molecule has 2 rings (SSSR count). The Morgan fingerprint density at radius 3 is 2.33 bits per heavy atom. The summed E-state index contributed by atoms with van der Waals surface area (Å²) >= 11 is 0. The van der Waals surface area contributed by atoms with Gasteiger partial charge in [0.15, 0.2) is 6.10 Å². The summed E-state index contributed by atoms with van der Waals surface area (Å²) in [5.41, 5.74) is 1.67. The van der Waals surface area contributed by atoms with E-state index >= 15 is 0 Å². The van der Waals surface area contributed by atoms with Crippen LogP contribution in [-0.2, 0) is 27.3 Å². The quantitative estimate of drug-likeness (QED) is 0.732. The van der Waals surface area contributed by atoms with Crippen LogP contribution in [0.25, 0.3) is 0 Å². The number of halogens is 1. The van der Waals surface area contributed by atoms with E-state index < -0.39 is 24.0 Å². The van der Waals surface area contributed by atoms with Crippen molar-refractivity contribution >= 4 is 17.9 Å². The van der Waals surface area contributed by atoms with E-state index in [9.17, 15) is 18.8 Å². The average Bonchev–Trinajstić information content (AvgIpc) is 2.66. The number of carbonyl (C=O) groups excluding carboxylic acids is 3. The molecule has 2 aromatic carbocycles. The molecular formula is C20H21FN2O4. The van der Waals surface area contributed by atoms with E-state index in [1.54, 1.807) is 12.1 Å². The Morgan fingerprint density at radius 1 is 1.00 bits per heavy atom. The minimum atomic E-state index is -1.10. The van der Waals surface area contributed by atoms with Crippen LogP contribution in [0.2, 0.25) is 0 Å². The van der Waals surface area contributed by atoms with Crippen LogP contribution in [0.1, 0.15) is 24.5 Å². The molecule has 0 spiro atoms. The van der Waals surface area contributed by atoms with E-state index in [0.717, 1.165) is 11.1 Å². The summed E-state index contributed by atoms with van der Waals surface area (Å²) in [6.07, 6.45) is -0.692. The molecule has 0 bridgehead atoms. The Balaban J connectivity index is 1.69. The molecule has 0 saturated carbocycles. The van der Waals surface area contributed by atoms with Gasteiger partial charge in [-0.2, -0.15) is 0 Å². The Kier molecular flexibility index (Phi) is 7.49. The SMILES string of the molecule is C[C@@H](OC(=O)CCc1ccc(F)cc1)C(=O)NC(=O)NCc1ccccc1. The van der Waals surface area contributed by atoms with Gasteiger partial charge >= 0.3 is 12.0 Å². The average molecular weight is 372 g/mol. The molecule has 0 unspecified atom stereocenters. The summed E-state index contributed by atoms with van der Waals surface area (Å²) in [6, 6.07) is 14.3. The lowest BCUT2D eigenvalue weighted by Crippen LogP contribution is -2.44. The predicted octanol–water partition coefficient (Wildman–Crippen LogP) is 2.72. The van der Waals surface area contributed by atoms with Crippen LogP contribution < -0.4 is 10.6 Å². The monoisotopic (exact) mass is 372 g/mol. The maximum Gasteiger partial charge on any atom is 0.321 e. The van der Waals surface area contributed by atoms with Crippen LogP contribution >= 0.6 is 0 Å². The number of carbonyl (C=O) groups is 3. The molecular weight excluding hydrogens is 351 g/mol. The number of urea groups is 1. The maximum atomic E-state index is 12.8. The number of ether oxygens (including phenoxy) is 1. The van der Waals surface area contributed by atoms with Crippen LogP contribution in [0.5, 0.6) is 0 Å². The zero-order valence-corrected chi connectivity index (χ0v) is 14.9. The molecule has 0 heterocycles. The highest BCUT2D eigenvalue weighted by Crippen LogP contribution is 2.07. The van der Waals surface area contributed by atoms with Gasteiger partial charge in [0.05, 0.1) is 0 Å². The van der Waals surface area contributed by atoms with Crippen molar-refractivity contribution in [2.75, 3.05) is 0 Å². The lowest BCUT2D eigenvalue weighted by atomic mass is 10.1. The number of amides is 3. The third-order valence-corrected chi connectivity index (χ3v) is 3.74. The van der Waals surface area contributed by atoms with Crippen LogP contribution in [0.3, 0.4) is 0 Å². The number of hydrogen-bond acceptors (Lipinski definition) is 4. The predicted molar refractivity (Wildman–Crippen MR) is 97.1 cm³/mol. The molecule has 2 N–H and O–H groups in total. The molecule has 6 nitrogen and oxygen atoms in total. The lowest BCUT2D eigenvalue weighted by Gasteiger charge is -2.13. The van der Waals surface area contributed by atoms with Crippen LogP contribution in [0.15, 0.2) is 54.6 Å². The zero-order chi connectivity index (χ0) is 19.6. The molecule has 3 amide bonds. The number of benzene rings is 2. The molecule has 0 saturated heterocycles. The van der Waals surface area contributed by atoms with Gasteiger partial charge in [0.1, 0.15) is 5.82 Å². The number of nitrogens with one attached hydrogen (secondary N) is 2. The summed E-state index contributed by atoms with van der Waals surface area (Å²) < 4.78 is 17.8. The summed E-state index contributed by atoms with van der Waals surface area (Å²) in [7, 11) is 0. The molecule has 0 aliphatic rings. The second-order valence-electron chi connectivity index (χ2n) is 5.92. The minimum Gasteiger partial charge on any atom is -0.453 e. The number of imide groups is 1. The second-order valence-corrected chi connectivity index (χ2v) is 5.92. The van der Waals surface area contributed by atoms with Crippen molar-refractivity contribution in [3.05, 3.63) is 71.5 Å². The summed E-state index contributed by atoms with van der Waals surface area (Å²) in [6.45, 7) is 1.65. The topological polar surface area (TPSA) is 84.5 Å². The number of hydrogen-bond donors (Lipinski definition) is 2. The van der Waals surface area contributed by atoms with E-state index in [4.69, 9.17) is 4.74 Å². The number of aryl methyl sites for hydroxylation is 1. The minimum absolute atomic E-state index is 0.0451. The molecule has 1 atom stereocenters. The Hall–Kier alpha value is -3.22. The fourth-order valence-electron chi connectivity index (χ4n) is 2.24. The van der Waals surface area contributed by atoms with Gasteiger partial charge in [0.25, 0.3) is 5.91 Å². The first-order valence-electron chi connectivity index (χ1n) is 8.50. The number of rotatable bonds is 7. The Bertz CT molecular complexity index is 778. The Morgan fingerprint density at radius 2 is 1.67 bits per heavy atom. The molecule has 7 heteroatoms. The molecule has 142 valence electrons. The Labute approximate surface area is 156 Å². The molecule has 27 heavy (non-hydrogen) atoms. The van der Waals surface area contributed by atoms with Crippen molar-refractivity contribution in [1.82, 2.24) is 10.6 Å². The molecule has 0 aliphatic carbocycles. The normalized spacial score (nSPS) is 11.3. The van der Waals surface area contributed by atoms with Crippen LogP contribution in [0, 0.1) is 5.82 Å². The van der Waals surface area contributed by atoms with E-state index in [0.29, 0.717) is 6.42 Å². The highest BCUT2D eigenvalue weighted by molar-refractivity contribution is 5.97. The van der Waals surface area contributed by atoms with Gasteiger partial charge in [-0.3, -0.25) is 14.9 Å². The van der Waals surface area contributed by atoms with E-state index in [-0.39, 0.29) is 18.8 Å². The molecule has 0 radical (unpaired) electrons. The van der Waals surface area contributed by atoms with Gasteiger partial charge in [0.2, 0.25) is 0 Å². The van der Waals surface area contributed by atoms with Crippen molar-refractivity contribution < 1.29 is 23.5 Å². The van der Waals surface area contributed by atoms with Crippen molar-refractivity contribution in [1.29, 1.82) is 0 Å². The largest absolute Gasteiger partial charge is 0.453 e. The zero-order valence-electron chi connectivity index (χ0n) is 14.9. The third-order valence-electron chi connectivity index (χ3n) is 3.74. The van der Waals surface area contributed by atoms with Gasteiger partial charge in [-0.1, -0.05) is 42.5 Å². The standard InChI is InChI=1S/C20H21FN2O4/c1-14(27-18(24)12-9-15-7-10-17(21)11-8-15)19(25)23-20(26)22-13-16-5-3-2-4-6-16/h2-8,10-11,14H,9,12-13H2,1H3,(H2,22,23,25,26)/t14-/m1/s1. The van der Waals surface area contributed by atoms with Crippen molar-refractivity contribution in [2.24, 2.45) is 0 Å².